The molecule has 1 fully saturated rings. The van der Waals surface area contributed by atoms with E-state index < -0.39 is 15.9 Å². The number of fused-ring (bicyclic) bond motifs is 1. The molecule has 1 N–H and O–H groups in total. The van der Waals surface area contributed by atoms with Crippen LogP contribution in [0, 0.1) is 0 Å². The Bertz CT molecular complexity index is 1150. The van der Waals surface area contributed by atoms with E-state index in [9.17, 15) is 13.2 Å². The Balaban J connectivity index is 1.63. The lowest BCUT2D eigenvalue weighted by molar-refractivity contribution is 0.102. The minimum atomic E-state index is -3.70. The maximum absolute atomic E-state index is 13.1. The summed E-state index contributed by atoms with van der Waals surface area (Å²) >= 11 is 0. The molecule has 2 aromatic carbocycles. The highest BCUT2D eigenvalue weighted by atomic mass is 32.2. The van der Waals surface area contributed by atoms with Gasteiger partial charge in [0.1, 0.15) is 0 Å². The second kappa shape index (κ2) is 8.00. The summed E-state index contributed by atoms with van der Waals surface area (Å²) in [4.78, 5) is 13.0. The molecule has 7 heteroatoms. The van der Waals surface area contributed by atoms with E-state index >= 15 is 0 Å². The van der Waals surface area contributed by atoms with Crippen molar-refractivity contribution in [3.05, 3.63) is 60.3 Å². The van der Waals surface area contributed by atoms with Gasteiger partial charge in [-0.1, -0.05) is 18.6 Å². The van der Waals surface area contributed by atoms with E-state index in [-0.39, 0.29) is 10.5 Å². The summed E-state index contributed by atoms with van der Waals surface area (Å²) in [6, 6.07) is 14.1. The number of rotatable bonds is 5. The Morgan fingerprint density at radius 3 is 2.55 bits per heavy atom. The average Bonchev–Trinajstić information content (AvgIpc) is 3.16. The molecule has 0 aliphatic carbocycles. The molecule has 4 rings (SSSR count). The van der Waals surface area contributed by atoms with E-state index in [1.54, 1.807) is 18.2 Å². The summed E-state index contributed by atoms with van der Waals surface area (Å²) in [5, 5.41) is 3.89. The summed E-state index contributed by atoms with van der Waals surface area (Å²) in [6.07, 6.45) is 4.75. The van der Waals surface area contributed by atoms with Gasteiger partial charge >= 0.3 is 0 Å². The monoisotopic (exact) mass is 411 g/mol. The van der Waals surface area contributed by atoms with Gasteiger partial charge in [0.2, 0.25) is 10.0 Å². The predicted octanol–water partition coefficient (Wildman–Crippen LogP) is 4.09. The first-order valence-corrected chi connectivity index (χ1v) is 11.4. The van der Waals surface area contributed by atoms with Crippen molar-refractivity contribution in [1.29, 1.82) is 0 Å². The van der Waals surface area contributed by atoms with Crippen LogP contribution in [0.4, 0.5) is 5.69 Å². The van der Waals surface area contributed by atoms with Crippen molar-refractivity contribution in [2.45, 2.75) is 37.6 Å². The Hall–Kier alpha value is -2.64. The summed E-state index contributed by atoms with van der Waals surface area (Å²) in [5.41, 5.74) is 1.91. The van der Waals surface area contributed by atoms with E-state index in [0.29, 0.717) is 18.8 Å². The fourth-order valence-corrected chi connectivity index (χ4v) is 5.58. The van der Waals surface area contributed by atoms with Gasteiger partial charge in [-0.15, -0.1) is 0 Å². The maximum Gasteiger partial charge on any atom is 0.257 e. The van der Waals surface area contributed by atoms with Gasteiger partial charge in [-0.3, -0.25) is 4.79 Å². The van der Waals surface area contributed by atoms with Crippen molar-refractivity contribution in [2.75, 3.05) is 18.4 Å². The number of sulfonamides is 1. The predicted molar refractivity (Wildman–Crippen MR) is 115 cm³/mol. The van der Waals surface area contributed by atoms with Crippen LogP contribution in [-0.4, -0.2) is 36.3 Å². The molecule has 0 atom stereocenters. The van der Waals surface area contributed by atoms with Crippen molar-refractivity contribution in [3.8, 4) is 0 Å². The highest BCUT2D eigenvalue weighted by Crippen LogP contribution is 2.25. The largest absolute Gasteiger partial charge is 0.348 e. The molecule has 3 aromatic rings. The molecular weight excluding hydrogens is 386 g/mol. The van der Waals surface area contributed by atoms with Crippen molar-refractivity contribution in [3.63, 3.8) is 0 Å². The zero-order valence-corrected chi connectivity index (χ0v) is 17.3. The fraction of sp³-hybridized carbons (Fsp3) is 0.318. The normalized spacial score (nSPS) is 15.5. The van der Waals surface area contributed by atoms with Gasteiger partial charge in [0, 0.05) is 42.4 Å². The van der Waals surface area contributed by atoms with Crippen LogP contribution in [0.15, 0.2) is 59.6 Å². The summed E-state index contributed by atoms with van der Waals surface area (Å²) < 4.78 is 29.9. The second-order valence-electron chi connectivity index (χ2n) is 7.29. The number of anilines is 1. The highest BCUT2D eigenvalue weighted by molar-refractivity contribution is 7.89. The number of carbonyl (C=O) groups is 1. The van der Waals surface area contributed by atoms with Gasteiger partial charge < -0.3 is 9.88 Å². The molecule has 1 aliphatic heterocycles. The topological polar surface area (TPSA) is 71.4 Å². The van der Waals surface area contributed by atoms with Crippen molar-refractivity contribution >= 4 is 32.5 Å². The summed E-state index contributed by atoms with van der Waals surface area (Å²) in [5.74, 6) is -0.421. The van der Waals surface area contributed by atoms with Gasteiger partial charge in [-0.25, -0.2) is 8.42 Å². The lowest BCUT2D eigenvalue weighted by Crippen LogP contribution is -2.36. The molecular formula is C22H25N3O3S. The van der Waals surface area contributed by atoms with Crippen LogP contribution in [0.3, 0.4) is 0 Å². The molecule has 152 valence electrons. The zero-order chi connectivity index (χ0) is 20.4. The van der Waals surface area contributed by atoms with E-state index in [0.717, 1.165) is 36.7 Å². The number of carbonyl (C=O) groups excluding carboxylic acids is 1. The lowest BCUT2D eigenvalue weighted by Gasteiger charge is -2.26. The third kappa shape index (κ3) is 3.80. The highest BCUT2D eigenvalue weighted by Gasteiger charge is 2.29. The molecule has 0 bridgehead atoms. The first-order chi connectivity index (χ1) is 14.0. The van der Waals surface area contributed by atoms with E-state index in [2.05, 4.69) is 16.8 Å². The molecule has 2 heterocycles. The van der Waals surface area contributed by atoms with Crippen LogP contribution in [0.5, 0.6) is 0 Å². The van der Waals surface area contributed by atoms with Crippen LogP contribution >= 0.6 is 0 Å². The maximum atomic E-state index is 13.1. The number of hydrogen-bond donors (Lipinski definition) is 1. The molecule has 1 aliphatic rings. The number of hydrogen-bond acceptors (Lipinski definition) is 3. The Labute approximate surface area is 171 Å². The van der Waals surface area contributed by atoms with E-state index in [4.69, 9.17) is 0 Å². The number of aryl methyl sites for hydroxylation is 1. The number of benzene rings is 2. The lowest BCUT2D eigenvalue weighted by atomic mass is 10.2. The molecule has 1 amide bonds. The number of nitrogens with one attached hydrogen (secondary N) is 1. The molecule has 1 saturated heterocycles. The molecule has 1 aromatic heterocycles. The SMILES string of the molecule is CCn1ccc2cc(NC(=O)c3ccccc3S(=O)(=O)N3CCCCC3)ccc21. The van der Waals surface area contributed by atoms with Crippen LogP contribution in [0.1, 0.15) is 36.5 Å². The van der Waals surface area contributed by atoms with Crippen LogP contribution in [0.25, 0.3) is 10.9 Å². The third-order valence-electron chi connectivity index (χ3n) is 5.43. The molecule has 6 nitrogen and oxygen atoms in total. The first-order valence-electron chi connectivity index (χ1n) is 10.00. The minimum absolute atomic E-state index is 0.0672. The summed E-state index contributed by atoms with van der Waals surface area (Å²) in [7, 11) is -3.70. The minimum Gasteiger partial charge on any atom is -0.348 e. The Morgan fingerprint density at radius 2 is 1.79 bits per heavy atom. The van der Waals surface area contributed by atoms with Crippen molar-refractivity contribution < 1.29 is 13.2 Å². The van der Waals surface area contributed by atoms with Gasteiger partial charge in [0.05, 0.1) is 10.5 Å². The smallest absolute Gasteiger partial charge is 0.257 e. The van der Waals surface area contributed by atoms with Crippen LogP contribution in [0.2, 0.25) is 0 Å². The van der Waals surface area contributed by atoms with Crippen molar-refractivity contribution in [1.82, 2.24) is 8.87 Å². The molecule has 0 unspecified atom stereocenters. The van der Waals surface area contributed by atoms with Gasteiger partial charge in [-0.2, -0.15) is 4.31 Å². The first kappa shape index (κ1) is 19.7. The molecule has 0 saturated carbocycles. The average molecular weight is 412 g/mol. The van der Waals surface area contributed by atoms with Crippen molar-refractivity contribution in [2.24, 2.45) is 0 Å². The van der Waals surface area contributed by atoms with E-state index in [1.165, 1.54) is 10.4 Å². The molecule has 0 spiro atoms. The zero-order valence-electron chi connectivity index (χ0n) is 16.5. The number of amides is 1. The Morgan fingerprint density at radius 1 is 1.03 bits per heavy atom. The van der Waals surface area contributed by atoms with Gasteiger partial charge in [-0.05, 0) is 56.2 Å². The van der Waals surface area contributed by atoms with Crippen LogP contribution < -0.4 is 5.32 Å². The number of aromatic nitrogens is 1. The van der Waals surface area contributed by atoms with E-state index in [1.807, 2.05) is 30.5 Å². The molecule has 0 radical (unpaired) electrons. The third-order valence-corrected chi connectivity index (χ3v) is 7.39. The summed E-state index contributed by atoms with van der Waals surface area (Å²) in [6.45, 7) is 3.96. The second-order valence-corrected chi connectivity index (χ2v) is 9.20. The number of nitrogens with zero attached hydrogens (tertiary/aromatic N) is 2. The number of piperidine rings is 1. The quantitative estimate of drug-likeness (QED) is 0.687. The molecule has 29 heavy (non-hydrogen) atoms. The van der Waals surface area contributed by atoms with Gasteiger partial charge in [0.15, 0.2) is 0 Å². The Kier molecular flexibility index (Phi) is 5.43. The van der Waals surface area contributed by atoms with Crippen LogP contribution in [-0.2, 0) is 16.6 Å². The standard InChI is InChI=1S/C22H25N3O3S/c1-2-24-15-12-17-16-18(10-11-20(17)24)23-22(26)19-8-4-5-9-21(19)29(27,28)25-13-6-3-7-14-25/h4-5,8-12,15-16H,2-3,6-7,13-14H2,1H3,(H,23,26). The van der Waals surface area contributed by atoms with Gasteiger partial charge in [0.25, 0.3) is 5.91 Å². The fourth-order valence-electron chi connectivity index (χ4n) is 3.88.